The van der Waals surface area contributed by atoms with E-state index in [1.165, 1.54) is 0 Å². The van der Waals surface area contributed by atoms with Crippen LogP contribution >= 0.6 is 0 Å². The SMILES string of the molecule is O=C1Nc2ccccc2C1Nc1ccccc1-c1ccccc1. The number of fused-ring (bicyclic) bond motifs is 1. The molecule has 0 saturated carbocycles. The normalized spacial score (nSPS) is 15.8. The van der Waals surface area contributed by atoms with Crippen LogP contribution in [0.25, 0.3) is 11.1 Å². The molecule has 3 aromatic carbocycles. The van der Waals surface area contributed by atoms with Crippen molar-refractivity contribution in [1.82, 2.24) is 0 Å². The lowest BCUT2D eigenvalue weighted by atomic mass is 10.0. The van der Waals surface area contributed by atoms with E-state index in [0.717, 1.165) is 28.1 Å². The smallest absolute Gasteiger partial charge is 0.251 e. The second-order valence-corrected chi connectivity index (χ2v) is 5.57. The molecule has 1 unspecified atom stereocenters. The average molecular weight is 300 g/mol. The summed E-state index contributed by atoms with van der Waals surface area (Å²) in [6.45, 7) is 0. The Balaban J connectivity index is 1.72. The maximum atomic E-state index is 12.3. The van der Waals surface area contributed by atoms with Gasteiger partial charge in [0.25, 0.3) is 5.91 Å². The van der Waals surface area contributed by atoms with E-state index in [2.05, 4.69) is 28.8 Å². The van der Waals surface area contributed by atoms with Crippen LogP contribution in [-0.4, -0.2) is 5.91 Å². The van der Waals surface area contributed by atoms with E-state index >= 15 is 0 Å². The van der Waals surface area contributed by atoms with E-state index in [9.17, 15) is 4.79 Å². The van der Waals surface area contributed by atoms with Crippen LogP contribution in [0, 0.1) is 0 Å². The van der Waals surface area contributed by atoms with E-state index in [-0.39, 0.29) is 11.9 Å². The Kier molecular flexibility index (Phi) is 3.31. The Morgan fingerprint density at radius 1 is 0.783 bits per heavy atom. The van der Waals surface area contributed by atoms with Crippen LogP contribution in [0.5, 0.6) is 0 Å². The van der Waals surface area contributed by atoms with Crippen molar-refractivity contribution in [2.45, 2.75) is 6.04 Å². The largest absolute Gasteiger partial charge is 0.370 e. The van der Waals surface area contributed by atoms with Crippen LogP contribution in [0.15, 0.2) is 78.9 Å². The molecule has 2 N–H and O–H groups in total. The predicted molar refractivity (Wildman–Crippen MR) is 93.3 cm³/mol. The molecule has 0 fully saturated rings. The highest BCUT2D eigenvalue weighted by Gasteiger charge is 2.30. The predicted octanol–water partition coefficient (Wildman–Crippen LogP) is 4.46. The Morgan fingerprint density at radius 3 is 2.35 bits per heavy atom. The summed E-state index contributed by atoms with van der Waals surface area (Å²) >= 11 is 0. The fraction of sp³-hybridized carbons (Fsp3) is 0.0500. The molecule has 0 saturated heterocycles. The lowest BCUT2D eigenvalue weighted by Crippen LogP contribution is -2.20. The molecule has 3 heteroatoms. The molecular weight excluding hydrogens is 284 g/mol. The van der Waals surface area contributed by atoms with Gasteiger partial charge in [0.15, 0.2) is 0 Å². The summed E-state index contributed by atoms with van der Waals surface area (Å²) in [7, 11) is 0. The van der Waals surface area contributed by atoms with Crippen LogP contribution in [0.2, 0.25) is 0 Å². The molecule has 23 heavy (non-hydrogen) atoms. The van der Waals surface area contributed by atoms with Crippen molar-refractivity contribution < 1.29 is 4.79 Å². The summed E-state index contributed by atoms with van der Waals surface area (Å²) in [5.74, 6) is -0.0194. The standard InChI is InChI=1S/C20H16N2O/c23-20-19(16-11-5-7-13-18(16)22-20)21-17-12-6-4-10-15(17)14-8-2-1-3-9-14/h1-13,19,21H,(H,22,23). The van der Waals surface area contributed by atoms with Crippen LogP contribution in [0.3, 0.4) is 0 Å². The van der Waals surface area contributed by atoms with Gasteiger partial charge in [-0.3, -0.25) is 4.79 Å². The van der Waals surface area contributed by atoms with Gasteiger partial charge < -0.3 is 10.6 Å². The van der Waals surface area contributed by atoms with Crippen molar-refractivity contribution in [2.75, 3.05) is 10.6 Å². The number of hydrogen-bond donors (Lipinski definition) is 2. The molecular formula is C20H16N2O. The Hall–Kier alpha value is -3.07. The first kappa shape index (κ1) is 13.6. The molecule has 0 aliphatic carbocycles. The average Bonchev–Trinajstić information content (AvgIpc) is 2.92. The quantitative estimate of drug-likeness (QED) is 0.750. The molecule has 0 spiro atoms. The zero-order valence-corrected chi connectivity index (χ0v) is 12.5. The third-order valence-electron chi connectivity index (χ3n) is 4.10. The second kappa shape index (κ2) is 5.61. The number of carbonyl (C=O) groups is 1. The number of carbonyl (C=O) groups excluding carboxylic acids is 1. The third-order valence-corrected chi connectivity index (χ3v) is 4.10. The Labute approximate surface area is 135 Å². The van der Waals surface area contributed by atoms with Gasteiger partial charge in [0, 0.05) is 22.5 Å². The highest BCUT2D eigenvalue weighted by Crippen LogP contribution is 2.36. The summed E-state index contributed by atoms with van der Waals surface area (Å²) in [5.41, 5.74) is 5.04. The van der Waals surface area contributed by atoms with Gasteiger partial charge >= 0.3 is 0 Å². The molecule has 4 rings (SSSR count). The van der Waals surface area contributed by atoms with E-state index in [4.69, 9.17) is 0 Å². The summed E-state index contributed by atoms with van der Waals surface area (Å²) in [4.78, 5) is 12.3. The molecule has 1 atom stereocenters. The molecule has 1 aliphatic heterocycles. The number of amides is 1. The highest BCUT2D eigenvalue weighted by atomic mass is 16.2. The third kappa shape index (κ3) is 2.46. The molecule has 0 bridgehead atoms. The topological polar surface area (TPSA) is 41.1 Å². The molecule has 1 aliphatic rings. The number of hydrogen-bond acceptors (Lipinski definition) is 2. The Morgan fingerprint density at radius 2 is 1.48 bits per heavy atom. The summed E-state index contributed by atoms with van der Waals surface area (Å²) in [6.07, 6.45) is 0. The molecule has 1 heterocycles. The maximum absolute atomic E-state index is 12.3. The second-order valence-electron chi connectivity index (χ2n) is 5.57. The van der Waals surface area contributed by atoms with Gasteiger partial charge in [-0.2, -0.15) is 0 Å². The minimum Gasteiger partial charge on any atom is -0.370 e. The van der Waals surface area contributed by atoms with Gasteiger partial charge in [0.1, 0.15) is 6.04 Å². The van der Waals surface area contributed by atoms with Crippen molar-refractivity contribution in [2.24, 2.45) is 0 Å². The van der Waals surface area contributed by atoms with Crippen LogP contribution in [0.1, 0.15) is 11.6 Å². The molecule has 1 amide bonds. The van der Waals surface area contributed by atoms with E-state index < -0.39 is 0 Å². The first-order valence-electron chi connectivity index (χ1n) is 7.64. The van der Waals surface area contributed by atoms with Crippen LogP contribution in [0.4, 0.5) is 11.4 Å². The number of benzene rings is 3. The molecule has 0 aromatic heterocycles. The van der Waals surface area contributed by atoms with Crippen molar-refractivity contribution in [3.63, 3.8) is 0 Å². The number of nitrogens with one attached hydrogen (secondary N) is 2. The number of anilines is 2. The van der Waals surface area contributed by atoms with E-state index in [0.29, 0.717) is 0 Å². The van der Waals surface area contributed by atoms with Gasteiger partial charge in [-0.15, -0.1) is 0 Å². The lowest BCUT2D eigenvalue weighted by Gasteiger charge is -2.16. The summed E-state index contributed by atoms with van der Waals surface area (Å²) in [6, 6.07) is 25.7. The maximum Gasteiger partial charge on any atom is 0.251 e. The van der Waals surface area contributed by atoms with E-state index in [1.807, 2.05) is 60.7 Å². The molecule has 112 valence electrons. The monoisotopic (exact) mass is 300 g/mol. The first-order valence-corrected chi connectivity index (χ1v) is 7.64. The first-order chi connectivity index (χ1) is 11.3. The van der Waals surface area contributed by atoms with Gasteiger partial charge in [-0.1, -0.05) is 66.7 Å². The van der Waals surface area contributed by atoms with Crippen molar-refractivity contribution >= 4 is 17.3 Å². The summed E-state index contributed by atoms with van der Waals surface area (Å²) < 4.78 is 0. The molecule has 0 radical (unpaired) electrons. The van der Waals surface area contributed by atoms with Crippen LogP contribution in [-0.2, 0) is 4.79 Å². The Bertz CT molecular complexity index is 858. The fourth-order valence-electron chi connectivity index (χ4n) is 2.99. The zero-order chi connectivity index (χ0) is 15.6. The molecule has 3 aromatic rings. The number of para-hydroxylation sites is 2. The van der Waals surface area contributed by atoms with Crippen LogP contribution < -0.4 is 10.6 Å². The van der Waals surface area contributed by atoms with E-state index in [1.54, 1.807) is 0 Å². The van der Waals surface area contributed by atoms with Crippen molar-refractivity contribution in [3.05, 3.63) is 84.4 Å². The minimum atomic E-state index is -0.365. The lowest BCUT2D eigenvalue weighted by molar-refractivity contribution is -0.116. The fourth-order valence-corrected chi connectivity index (χ4v) is 2.99. The molecule has 3 nitrogen and oxygen atoms in total. The highest BCUT2D eigenvalue weighted by molar-refractivity contribution is 6.04. The zero-order valence-electron chi connectivity index (χ0n) is 12.5. The van der Waals surface area contributed by atoms with Gasteiger partial charge in [-0.25, -0.2) is 0 Å². The van der Waals surface area contributed by atoms with Crippen molar-refractivity contribution in [3.8, 4) is 11.1 Å². The van der Waals surface area contributed by atoms with Gasteiger partial charge in [-0.05, 0) is 17.7 Å². The number of rotatable bonds is 3. The van der Waals surface area contributed by atoms with Gasteiger partial charge in [0.2, 0.25) is 0 Å². The van der Waals surface area contributed by atoms with Crippen molar-refractivity contribution in [1.29, 1.82) is 0 Å². The van der Waals surface area contributed by atoms with Gasteiger partial charge in [0.05, 0.1) is 0 Å². The summed E-state index contributed by atoms with van der Waals surface area (Å²) in [5, 5.41) is 6.33. The minimum absolute atomic E-state index is 0.0194.